The van der Waals surface area contributed by atoms with Gasteiger partial charge in [0.05, 0.1) is 13.7 Å². The summed E-state index contributed by atoms with van der Waals surface area (Å²) >= 11 is 5.53. The lowest BCUT2D eigenvalue weighted by Crippen LogP contribution is -2.00. The van der Waals surface area contributed by atoms with E-state index < -0.39 is 0 Å². The zero-order chi connectivity index (χ0) is 12.0. The zero-order valence-corrected chi connectivity index (χ0v) is 10.1. The summed E-state index contributed by atoms with van der Waals surface area (Å²) in [5, 5.41) is 8.98. The molecular weight excluding hydrogens is 228 g/mol. The molecule has 0 saturated heterocycles. The Morgan fingerprint density at radius 1 is 1.44 bits per heavy atom. The van der Waals surface area contributed by atoms with Gasteiger partial charge >= 0.3 is 0 Å². The van der Waals surface area contributed by atoms with Crippen LogP contribution in [0.2, 0.25) is 0 Å². The summed E-state index contributed by atoms with van der Waals surface area (Å²) in [7, 11) is 1.56. The molecule has 0 aromatic heterocycles. The van der Waals surface area contributed by atoms with Gasteiger partial charge in [0.2, 0.25) is 0 Å². The van der Waals surface area contributed by atoms with Gasteiger partial charge in [-0.25, -0.2) is 0 Å². The second-order valence-corrected chi connectivity index (χ2v) is 3.61. The number of hydrogen-bond acceptors (Lipinski definition) is 3. The molecular formula is C12H15ClO3. The van der Waals surface area contributed by atoms with Crippen molar-refractivity contribution in [3.05, 3.63) is 34.9 Å². The highest BCUT2D eigenvalue weighted by atomic mass is 35.5. The number of methoxy groups -OCH3 is 1. The molecule has 0 unspecified atom stereocenters. The van der Waals surface area contributed by atoms with Crippen LogP contribution < -0.4 is 9.47 Å². The molecule has 0 spiro atoms. The van der Waals surface area contributed by atoms with Crippen LogP contribution in [0.4, 0.5) is 0 Å². The smallest absolute Gasteiger partial charge is 0.161 e. The van der Waals surface area contributed by atoms with Gasteiger partial charge in [-0.1, -0.05) is 17.7 Å². The molecule has 16 heavy (non-hydrogen) atoms. The molecule has 1 aromatic carbocycles. The fourth-order valence-electron chi connectivity index (χ4n) is 1.15. The van der Waals surface area contributed by atoms with Gasteiger partial charge in [-0.2, -0.15) is 0 Å². The summed E-state index contributed by atoms with van der Waals surface area (Å²) in [5.41, 5.74) is 3.19. The van der Waals surface area contributed by atoms with Crippen molar-refractivity contribution in [3.63, 3.8) is 0 Å². The molecule has 0 saturated carbocycles. The Hall–Kier alpha value is -1.19. The van der Waals surface area contributed by atoms with Crippen molar-refractivity contribution in [2.75, 3.05) is 13.7 Å². The second kappa shape index (κ2) is 6.40. The van der Waals surface area contributed by atoms with Gasteiger partial charge in [-0.3, -0.25) is 0 Å². The number of aliphatic hydroxyl groups is 1. The van der Waals surface area contributed by atoms with Gasteiger partial charge in [0.1, 0.15) is 6.61 Å². The number of benzene rings is 1. The van der Waals surface area contributed by atoms with E-state index in [9.17, 15) is 0 Å². The van der Waals surface area contributed by atoms with Crippen LogP contribution in [0.15, 0.2) is 29.3 Å². The van der Waals surface area contributed by atoms with Gasteiger partial charge in [-0.05, 0) is 30.2 Å². The SMILES string of the molecule is COc1cc(CO)ccc1OC/C(C)=C/Cl. The van der Waals surface area contributed by atoms with Crippen molar-refractivity contribution >= 4 is 11.6 Å². The van der Waals surface area contributed by atoms with E-state index in [0.29, 0.717) is 18.1 Å². The average Bonchev–Trinajstić information content (AvgIpc) is 2.35. The highest BCUT2D eigenvalue weighted by Gasteiger charge is 2.05. The first-order chi connectivity index (χ1) is 7.71. The van der Waals surface area contributed by atoms with E-state index in [4.69, 9.17) is 26.2 Å². The minimum absolute atomic E-state index is 0.0166. The predicted octanol–water partition coefficient (Wildman–Crippen LogP) is 2.71. The molecule has 0 aliphatic carbocycles. The maximum Gasteiger partial charge on any atom is 0.161 e. The Balaban J connectivity index is 2.79. The molecule has 0 heterocycles. The predicted molar refractivity (Wildman–Crippen MR) is 64.0 cm³/mol. The largest absolute Gasteiger partial charge is 0.493 e. The molecule has 0 aliphatic rings. The van der Waals surface area contributed by atoms with Crippen molar-refractivity contribution < 1.29 is 14.6 Å². The number of aliphatic hydroxyl groups excluding tert-OH is 1. The van der Waals surface area contributed by atoms with Gasteiger partial charge in [0.25, 0.3) is 0 Å². The zero-order valence-electron chi connectivity index (χ0n) is 9.37. The summed E-state index contributed by atoms with van der Waals surface area (Å²) < 4.78 is 10.7. The van der Waals surface area contributed by atoms with E-state index in [0.717, 1.165) is 11.1 Å². The van der Waals surface area contributed by atoms with Crippen molar-refractivity contribution in [2.24, 2.45) is 0 Å². The molecule has 0 fully saturated rings. The van der Waals surface area contributed by atoms with E-state index in [1.165, 1.54) is 5.54 Å². The fourth-order valence-corrected chi connectivity index (χ4v) is 1.22. The molecule has 1 aromatic rings. The maximum atomic E-state index is 8.98. The van der Waals surface area contributed by atoms with E-state index in [1.807, 2.05) is 6.92 Å². The first kappa shape index (κ1) is 12.9. The van der Waals surface area contributed by atoms with Crippen LogP contribution in [-0.2, 0) is 6.61 Å². The van der Waals surface area contributed by atoms with Crippen LogP contribution in [-0.4, -0.2) is 18.8 Å². The molecule has 0 bridgehead atoms. The topological polar surface area (TPSA) is 38.7 Å². The lowest BCUT2D eigenvalue weighted by Gasteiger charge is -2.11. The Kier molecular flexibility index (Phi) is 5.15. The van der Waals surface area contributed by atoms with E-state index in [-0.39, 0.29) is 6.61 Å². The number of rotatable bonds is 5. The summed E-state index contributed by atoms with van der Waals surface area (Å²) in [6.07, 6.45) is 0. The van der Waals surface area contributed by atoms with Gasteiger partial charge < -0.3 is 14.6 Å². The first-order valence-corrected chi connectivity index (χ1v) is 5.31. The fraction of sp³-hybridized carbons (Fsp3) is 0.333. The van der Waals surface area contributed by atoms with Crippen LogP contribution in [0.1, 0.15) is 12.5 Å². The van der Waals surface area contributed by atoms with Crippen molar-refractivity contribution in [1.29, 1.82) is 0 Å². The molecule has 0 atom stereocenters. The van der Waals surface area contributed by atoms with Crippen LogP contribution in [0.5, 0.6) is 11.5 Å². The average molecular weight is 243 g/mol. The van der Waals surface area contributed by atoms with Crippen LogP contribution in [0.25, 0.3) is 0 Å². The van der Waals surface area contributed by atoms with Crippen LogP contribution >= 0.6 is 11.6 Å². The van der Waals surface area contributed by atoms with Crippen molar-refractivity contribution in [1.82, 2.24) is 0 Å². The lowest BCUT2D eigenvalue weighted by molar-refractivity contribution is 0.279. The molecule has 88 valence electrons. The van der Waals surface area contributed by atoms with Crippen molar-refractivity contribution in [2.45, 2.75) is 13.5 Å². The molecule has 4 heteroatoms. The molecule has 1 N–H and O–H groups in total. The standard InChI is InChI=1S/C12H15ClO3/c1-9(6-13)8-16-11-4-3-10(7-14)5-12(11)15-2/h3-6,14H,7-8H2,1-2H3/b9-6+. The Bertz CT molecular complexity index is 375. The highest BCUT2D eigenvalue weighted by molar-refractivity contribution is 6.25. The molecule has 3 nitrogen and oxygen atoms in total. The number of halogens is 1. The lowest BCUT2D eigenvalue weighted by atomic mass is 10.2. The summed E-state index contributed by atoms with van der Waals surface area (Å²) in [4.78, 5) is 0. The minimum atomic E-state index is -0.0166. The van der Waals surface area contributed by atoms with Gasteiger partial charge in [-0.15, -0.1) is 0 Å². The maximum absolute atomic E-state index is 8.98. The number of ether oxygens (including phenoxy) is 2. The third kappa shape index (κ3) is 3.43. The second-order valence-electron chi connectivity index (χ2n) is 3.39. The van der Waals surface area contributed by atoms with Gasteiger partial charge in [0, 0.05) is 5.54 Å². The monoisotopic (exact) mass is 242 g/mol. The summed E-state index contributed by atoms with van der Waals surface area (Å²) in [6.45, 7) is 2.27. The Morgan fingerprint density at radius 2 is 2.19 bits per heavy atom. The quantitative estimate of drug-likeness (QED) is 0.863. The molecule has 1 rings (SSSR count). The number of hydrogen-bond donors (Lipinski definition) is 1. The van der Waals surface area contributed by atoms with E-state index >= 15 is 0 Å². The highest BCUT2D eigenvalue weighted by Crippen LogP contribution is 2.28. The Labute approximate surface area is 100 Å². The summed E-state index contributed by atoms with van der Waals surface area (Å²) in [6, 6.07) is 5.30. The molecule has 0 radical (unpaired) electrons. The van der Waals surface area contributed by atoms with Crippen LogP contribution in [0.3, 0.4) is 0 Å². The van der Waals surface area contributed by atoms with Gasteiger partial charge in [0.15, 0.2) is 11.5 Å². The molecule has 0 aliphatic heterocycles. The first-order valence-electron chi connectivity index (χ1n) is 4.87. The minimum Gasteiger partial charge on any atom is -0.493 e. The Morgan fingerprint density at radius 3 is 2.75 bits per heavy atom. The summed E-state index contributed by atoms with van der Waals surface area (Å²) in [5.74, 6) is 1.24. The third-order valence-corrected chi connectivity index (χ3v) is 2.42. The van der Waals surface area contributed by atoms with E-state index in [1.54, 1.807) is 25.3 Å². The third-order valence-electron chi connectivity index (χ3n) is 2.05. The van der Waals surface area contributed by atoms with E-state index in [2.05, 4.69) is 0 Å². The normalized spacial score (nSPS) is 11.4. The van der Waals surface area contributed by atoms with Crippen LogP contribution in [0, 0.1) is 0 Å². The molecule has 0 amide bonds. The van der Waals surface area contributed by atoms with Crippen molar-refractivity contribution in [3.8, 4) is 11.5 Å².